The molecule has 0 bridgehead atoms. The van der Waals surface area contributed by atoms with Crippen molar-refractivity contribution in [3.8, 4) is 5.75 Å². The molecule has 6 heteroatoms. The van der Waals surface area contributed by atoms with Crippen LogP contribution in [0, 0.1) is 5.82 Å². The maximum absolute atomic E-state index is 13.0. The van der Waals surface area contributed by atoms with Gasteiger partial charge < -0.3 is 14.6 Å². The fraction of sp³-hybridized carbons (Fsp3) is 0.250. The minimum atomic E-state index is -0.321. The fourth-order valence-corrected chi connectivity index (χ4v) is 1.77. The Balaban J connectivity index is 1.95. The largest absolute Gasteiger partial charge is 0.486 e. The topological polar surface area (TPSA) is 47.3 Å². The van der Waals surface area contributed by atoms with E-state index in [4.69, 9.17) is 9.26 Å². The molecule has 0 radical (unpaired) electrons. The number of aromatic nitrogens is 1. The Morgan fingerprint density at radius 1 is 1.44 bits per heavy atom. The number of halogens is 2. The van der Waals surface area contributed by atoms with E-state index in [1.165, 1.54) is 6.07 Å². The molecule has 1 N–H and O–H groups in total. The second-order valence-corrected chi connectivity index (χ2v) is 4.53. The molecule has 96 valence electrons. The van der Waals surface area contributed by atoms with Gasteiger partial charge >= 0.3 is 0 Å². The lowest BCUT2D eigenvalue weighted by molar-refractivity contribution is 0.248. The first-order chi connectivity index (χ1) is 8.69. The minimum Gasteiger partial charge on any atom is -0.486 e. The van der Waals surface area contributed by atoms with Crippen LogP contribution < -0.4 is 10.1 Å². The van der Waals surface area contributed by atoms with Gasteiger partial charge in [-0.1, -0.05) is 5.16 Å². The van der Waals surface area contributed by atoms with E-state index in [0.717, 1.165) is 5.69 Å². The van der Waals surface area contributed by atoms with Gasteiger partial charge in [0.1, 0.15) is 18.2 Å². The average molecular weight is 315 g/mol. The van der Waals surface area contributed by atoms with Crippen molar-refractivity contribution < 1.29 is 13.7 Å². The third kappa shape index (κ3) is 3.30. The first-order valence-electron chi connectivity index (χ1n) is 5.36. The molecule has 0 aliphatic carbocycles. The Labute approximate surface area is 112 Å². The molecule has 0 amide bonds. The molecule has 0 aliphatic heterocycles. The first-order valence-corrected chi connectivity index (χ1v) is 6.15. The molecule has 4 nitrogen and oxygen atoms in total. The van der Waals surface area contributed by atoms with Crippen LogP contribution in [0.5, 0.6) is 5.75 Å². The van der Waals surface area contributed by atoms with Gasteiger partial charge in [-0.25, -0.2) is 4.39 Å². The third-order valence-corrected chi connectivity index (χ3v) is 2.85. The van der Waals surface area contributed by atoms with E-state index in [0.29, 0.717) is 22.5 Å². The lowest BCUT2D eigenvalue weighted by Gasteiger charge is -2.04. The smallest absolute Gasteiger partial charge is 0.174 e. The van der Waals surface area contributed by atoms with Crippen molar-refractivity contribution in [2.24, 2.45) is 0 Å². The maximum Gasteiger partial charge on any atom is 0.174 e. The third-order valence-electron chi connectivity index (χ3n) is 2.24. The van der Waals surface area contributed by atoms with Crippen molar-refractivity contribution >= 4 is 15.9 Å². The molecule has 18 heavy (non-hydrogen) atoms. The Bertz CT molecular complexity index is 531. The summed E-state index contributed by atoms with van der Waals surface area (Å²) in [6, 6.07) is 6.28. The van der Waals surface area contributed by atoms with Crippen molar-refractivity contribution in [1.82, 2.24) is 10.5 Å². The average Bonchev–Trinajstić information content (AvgIpc) is 2.79. The van der Waals surface area contributed by atoms with Crippen LogP contribution in [-0.2, 0) is 13.2 Å². The minimum absolute atomic E-state index is 0.259. The van der Waals surface area contributed by atoms with Crippen molar-refractivity contribution in [3.05, 3.63) is 46.0 Å². The van der Waals surface area contributed by atoms with Crippen LogP contribution in [-0.4, -0.2) is 12.2 Å². The second-order valence-electron chi connectivity index (χ2n) is 3.68. The lowest BCUT2D eigenvalue weighted by Crippen LogP contribution is -2.04. The number of rotatable bonds is 5. The summed E-state index contributed by atoms with van der Waals surface area (Å²) in [4.78, 5) is 0. The van der Waals surface area contributed by atoms with Crippen molar-refractivity contribution in [2.75, 3.05) is 7.05 Å². The van der Waals surface area contributed by atoms with Gasteiger partial charge in [-0.3, -0.25) is 0 Å². The number of ether oxygens (including phenoxy) is 1. The summed E-state index contributed by atoms with van der Waals surface area (Å²) in [5.41, 5.74) is 0.816. The van der Waals surface area contributed by atoms with Gasteiger partial charge in [0.2, 0.25) is 0 Å². The number of hydrogen-bond acceptors (Lipinski definition) is 4. The fourth-order valence-electron chi connectivity index (χ4n) is 1.41. The van der Waals surface area contributed by atoms with Crippen molar-refractivity contribution in [2.45, 2.75) is 13.2 Å². The first kappa shape index (κ1) is 13.0. The highest BCUT2D eigenvalue weighted by molar-refractivity contribution is 9.10. The molecular weight excluding hydrogens is 303 g/mol. The summed E-state index contributed by atoms with van der Waals surface area (Å²) in [5.74, 6) is 0.869. The van der Waals surface area contributed by atoms with Gasteiger partial charge in [-0.15, -0.1) is 0 Å². The van der Waals surface area contributed by atoms with Crippen LogP contribution in [0.3, 0.4) is 0 Å². The van der Waals surface area contributed by atoms with Gasteiger partial charge in [0.25, 0.3) is 0 Å². The van der Waals surface area contributed by atoms with E-state index in [1.54, 1.807) is 12.1 Å². The summed E-state index contributed by atoms with van der Waals surface area (Å²) >= 11 is 3.10. The molecule has 0 saturated heterocycles. The molecule has 0 aliphatic rings. The molecule has 1 aromatic carbocycles. The summed E-state index contributed by atoms with van der Waals surface area (Å²) in [7, 11) is 1.83. The Hall–Kier alpha value is -1.40. The van der Waals surface area contributed by atoms with E-state index in [1.807, 2.05) is 13.1 Å². The molecule has 1 aromatic heterocycles. The lowest BCUT2D eigenvalue weighted by atomic mass is 10.3. The predicted molar refractivity (Wildman–Crippen MR) is 67.7 cm³/mol. The summed E-state index contributed by atoms with van der Waals surface area (Å²) in [5, 5.41) is 6.84. The number of hydrogen-bond donors (Lipinski definition) is 1. The van der Waals surface area contributed by atoms with Gasteiger partial charge in [0.05, 0.1) is 10.2 Å². The van der Waals surface area contributed by atoms with E-state index in [-0.39, 0.29) is 12.4 Å². The quantitative estimate of drug-likeness (QED) is 0.922. The van der Waals surface area contributed by atoms with E-state index in [2.05, 4.69) is 26.4 Å². The monoisotopic (exact) mass is 314 g/mol. The molecule has 2 rings (SSSR count). The summed E-state index contributed by atoms with van der Waals surface area (Å²) in [6.07, 6.45) is 0. The standard InChI is InChI=1S/C12H12BrFN2O2/c1-15-6-8-4-10(18-16-8)7-17-9-2-3-12(14)11(13)5-9/h2-5,15H,6-7H2,1H3. The van der Waals surface area contributed by atoms with Gasteiger partial charge in [-0.05, 0) is 41.2 Å². The highest BCUT2D eigenvalue weighted by Crippen LogP contribution is 2.22. The van der Waals surface area contributed by atoms with Crippen LogP contribution in [0.4, 0.5) is 4.39 Å². The summed E-state index contributed by atoms with van der Waals surface area (Å²) in [6.45, 7) is 0.903. The molecular formula is C12H12BrFN2O2. The van der Waals surface area contributed by atoms with Crippen LogP contribution >= 0.6 is 15.9 Å². The zero-order chi connectivity index (χ0) is 13.0. The molecule has 0 unspecified atom stereocenters. The van der Waals surface area contributed by atoms with Gasteiger partial charge in [0, 0.05) is 12.6 Å². The number of nitrogens with zero attached hydrogens (tertiary/aromatic N) is 1. The number of nitrogens with one attached hydrogen (secondary N) is 1. The second kappa shape index (κ2) is 5.97. The van der Waals surface area contributed by atoms with Gasteiger partial charge in [0.15, 0.2) is 5.76 Å². The Morgan fingerprint density at radius 3 is 3.00 bits per heavy atom. The normalized spacial score (nSPS) is 10.6. The SMILES string of the molecule is CNCc1cc(COc2ccc(F)c(Br)c2)on1. The van der Waals surface area contributed by atoms with Crippen LogP contribution in [0.1, 0.15) is 11.5 Å². The van der Waals surface area contributed by atoms with E-state index in [9.17, 15) is 4.39 Å². The highest BCUT2D eigenvalue weighted by Gasteiger charge is 2.06. The molecule has 0 spiro atoms. The van der Waals surface area contributed by atoms with Crippen LogP contribution in [0.25, 0.3) is 0 Å². The number of benzene rings is 1. The maximum atomic E-state index is 13.0. The van der Waals surface area contributed by atoms with Gasteiger partial charge in [-0.2, -0.15) is 0 Å². The van der Waals surface area contributed by atoms with Crippen LogP contribution in [0.2, 0.25) is 0 Å². The van der Waals surface area contributed by atoms with E-state index >= 15 is 0 Å². The van der Waals surface area contributed by atoms with Crippen molar-refractivity contribution in [3.63, 3.8) is 0 Å². The molecule has 0 saturated carbocycles. The Morgan fingerprint density at radius 2 is 2.28 bits per heavy atom. The Kier molecular flexibility index (Phi) is 4.33. The molecule has 0 atom stereocenters. The molecule has 1 heterocycles. The van der Waals surface area contributed by atoms with E-state index < -0.39 is 0 Å². The summed E-state index contributed by atoms with van der Waals surface area (Å²) < 4.78 is 23.9. The zero-order valence-electron chi connectivity index (χ0n) is 9.74. The zero-order valence-corrected chi connectivity index (χ0v) is 11.3. The predicted octanol–water partition coefficient (Wildman–Crippen LogP) is 2.87. The van der Waals surface area contributed by atoms with Crippen LogP contribution in [0.15, 0.2) is 33.3 Å². The van der Waals surface area contributed by atoms with Crippen molar-refractivity contribution in [1.29, 1.82) is 0 Å². The molecule has 2 aromatic rings. The highest BCUT2D eigenvalue weighted by atomic mass is 79.9. The molecule has 0 fully saturated rings.